The average molecular weight is 312 g/mol. The Morgan fingerprint density at radius 1 is 1.00 bits per heavy atom. The third-order valence-corrected chi connectivity index (χ3v) is 3.27. The largest absolute Gasteiger partial charge is 0.381 e. The molecule has 2 rings (SSSR count). The summed E-state index contributed by atoms with van der Waals surface area (Å²) in [4.78, 5) is 0. The topological polar surface area (TPSA) is 35.8 Å². The Kier molecular flexibility index (Phi) is 4.55. The van der Waals surface area contributed by atoms with Gasteiger partial charge >= 0.3 is 0 Å². The lowest BCUT2D eigenvalue weighted by molar-refractivity contribution is 1.15. The van der Waals surface area contributed by atoms with Crippen LogP contribution in [0, 0.1) is 11.3 Å². The molecule has 0 aliphatic rings. The van der Waals surface area contributed by atoms with Crippen LogP contribution in [0.2, 0.25) is 15.1 Å². The van der Waals surface area contributed by atoms with E-state index in [0.717, 1.165) is 11.3 Å². The van der Waals surface area contributed by atoms with E-state index in [-0.39, 0.29) is 0 Å². The lowest BCUT2D eigenvalue weighted by atomic mass is 10.2. The molecule has 0 saturated heterocycles. The first-order valence-corrected chi connectivity index (χ1v) is 6.60. The van der Waals surface area contributed by atoms with E-state index < -0.39 is 0 Å². The van der Waals surface area contributed by atoms with Crippen molar-refractivity contribution in [2.45, 2.75) is 6.54 Å². The Balaban J connectivity index is 2.12. The molecule has 2 nitrogen and oxygen atoms in total. The molecule has 2 aromatic rings. The van der Waals surface area contributed by atoms with E-state index in [2.05, 4.69) is 5.32 Å². The molecule has 0 aromatic heterocycles. The van der Waals surface area contributed by atoms with E-state index >= 15 is 0 Å². The van der Waals surface area contributed by atoms with Gasteiger partial charge in [-0.2, -0.15) is 5.26 Å². The zero-order chi connectivity index (χ0) is 13.8. The zero-order valence-electron chi connectivity index (χ0n) is 9.75. The SMILES string of the molecule is N#Cc1cc(NCc2cc(Cl)cc(Cl)c2)ccc1Cl. The number of halogens is 3. The second-order valence-electron chi connectivity index (χ2n) is 3.94. The summed E-state index contributed by atoms with van der Waals surface area (Å²) in [6, 6.07) is 12.6. The van der Waals surface area contributed by atoms with Crippen molar-refractivity contribution in [3.05, 3.63) is 62.6 Å². The number of benzene rings is 2. The smallest absolute Gasteiger partial charge is 0.101 e. The van der Waals surface area contributed by atoms with Gasteiger partial charge in [-0.25, -0.2) is 0 Å². The minimum Gasteiger partial charge on any atom is -0.381 e. The second-order valence-corrected chi connectivity index (χ2v) is 5.22. The third kappa shape index (κ3) is 3.78. The molecule has 0 radical (unpaired) electrons. The maximum Gasteiger partial charge on any atom is 0.101 e. The van der Waals surface area contributed by atoms with E-state index in [1.807, 2.05) is 24.3 Å². The molecule has 0 amide bonds. The Morgan fingerprint density at radius 2 is 1.68 bits per heavy atom. The summed E-state index contributed by atoms with van der Waals surface area (Å²) in [5.41, 5.74) is 2.22. The van der Waals surface area contributed by atoms with Crippen LogP contribution in [0.25, 0.3) is 0 Å². The van der Waals surface area contributed by atoms with Gasteiger partial charge < -0.3 is 5.32 Å². The number of hydrogen-bond donors (Lipinski definition) is 1. The molecule has 1 N–H and O–H groups in total. The van der Waals surface area contributed by atoms with Gasteiger partial charge in [-0.1, -0.05) is 34.8 Å². The number of anilines is 1. The molecule has 0 heterocycles. The second kappa shape index (κ2) is 6.16. The Hall–Kier alpha value is -1.40. The van der Waals surface area contributed by atoms with Crippen molar-refractivity contribution in [2.24, 2.45) is 0 Å². The standard InChI is InChI=1S/C14H9Cl3N2/c15-11-3-9(4-12(16)6-11)8-19-13-1-2-14(17)10(5-13)7-18/h1-6,19H,8H2. The third-order valence-electron chi connectivity index (χ3n) is 2.51. The van der Waals surface area contributed by atoms with Crippen LogP contribution in [0.1, 0.15) is 11.1 Å². The highest BCUT2D eigenvalue weighted by atomic mass is 35.5. The van der Waals surface area contributed by atoms with Crippen molar-refractivity contribution in [2.75, 3.05) is 5.32 Å². The molecule has 19 heavy (non-hydrogen) atoms. The minimum absolute atomic E-state index is 0.441. The normalized spacial score (nSPS) is 10.0. The molecule has 0 unspecified atom stereocenters. The molecular weight excluding hydrogens is 303 g/mol. The van der Waals surface area contributed by atoms with Gasteiger partial charge in [0.1, 0.15) is 6.07 Å². The fourth-order valence-electron chi connectivity index (χ4n) is 1.64. The van der Waals surface area contributed by atoms with E-state index in [1.54, 1.807) is 18.2 Å². The number of nitrogens with zero attached hydrogens (tertiary/aromatic N) is 1. The van der Waals surface area contributed by atoms with Crippen LogP contribution in [0.3, 0.4) is 0 Å². The highest BCUT2D eigenvalue weighted by Gasteiger charge is 2.02. The first-order chi connectivity index (χ1) is 9.08. The average Bonchev–Trinajstić information content (AvgIpc) is 2.36. The zero-order valence-corrected chi connectivity index (χ0v) is 12.0. The molecule has 5 heteroatoms. The monoisotopic (exact) mass is 310 g/mol. The van der Waals surface area contributed by atoms with Crippen molar-refractivity contribution in [1.29, 1.82) is 5.26 Å². The van der Waals surface area contributed by atoms with Crippen LogP contribution in [-0.4, -0.2) is 0 Å². The van der Waals surface area contributed by atoms with E-state index in [9.17, 15) is 0 Å². The molecule has 0 fully saturated rings. The van der Waals surface area contributed by atoms with Gasteiger partial charge in [0.25, 0.3) is 0 Å². The van der Waals surface area contributed by atoms with Crippen molar-refractivity contribution in [3.8, 4) is 6.07 Å². The van der Waals surface area contributed by atoms with Gasteiger partial charge in [0.15, 0.2) is 0 Å². The summed E-state index contributed by atoms with van der Waals surface area (Å²) >= 11 is 17.7. The first-order valence-electron chi connectivity index (χ1n) is 5.47. The van der Waals surface area contributed by atoms with Gasteiger partial charge in [0.2, 0.25) is 0 Å². The summed E-state index contributed by atoms with van der Waals surface area (Å²) in [6.45, 7) is 0.562. The quantitative estimate of drug-likeness (QED) is 0.853. The number of rotatable bonds is 3. The molecule has 96 valence electrons. The van der Waals surface area contributed by atoms with Crippen LogP contribution < -0.4 is 5.32 Å². The maximum absolute atomic E-state index is 8.90. The molecule has 0 spiro atoms. The summed E-state index contributed by atoms with van der Waals surface area (Å²) < 4.78 is 0. The van der Waals surface area contributed by atoms with Crippen molar-refractivity contribution >= 4 is 40.5 Å². The van der Waals surface area contributed by atoms with Crippen LogP contribution in [0.15, 0.2) is 36.4 Å². The maximum atomic E-state index is 8.90. The van der Waals surface area contributed by atoms with Crippen LogP contribution >= 0.6 is 34.8 Å². The van der Waals surface area contributed by atoms with Gasteiger partial charge in [-0.3, -0.25) is 0 Å². The lowest BCUT2D eigenvalue weighted by Gasteiger charge is -2.08. The molecule has 0 atom stereocenters. The Labute approximate surface area is 126 Å². The lowest BCUT2D eigenvalue weighted by Crippen LogP contribution is -1.99. The van der Waals surface area contributed by atoms with Crippen molar-refractivity contribution < 1.29 is 0 Å². The molecule has 0 bridgehead atoms. The summed E-state index contributed by atoms with van der Waals surface area (Å²) in [7, 11) is 0. The first kappa shape index (κ1) is 14.0. The molecule has 0 aliphatic carbocycles. The summed E-state index contributed by atoms with van der Waals surface area (Å²) in [6.07, 6.45) is 0. The molecule has 0 aliphatic heterocycles. The van der Waals surface area contributed by atoms with Gasteiger partial charge in [-0.05, 0) is 42.0 Å². The molecule has 2 aromatic carbocycles. The predicted molar refractivity (Wildman–Crippen MR) is 80.0 cm³/mol. The van der Waals surface area contributed by atoms with E-state index in [1.165, 1.54) is 0 Å². The van der Waals surface area contributed by atoms with E-state index in [4.69, 9.17) is 40.1 Å². The van der Waals surface area contributed by atoms with Crippen LogP contribution in [-0.2, 0) is 6.54 Å². The van der Waals surface area contributed by atoms with Crippen molar-refractivity contribution in [3.63, 3.8) is 0 Å². The minimum atomic E-state index is 0.441. The number of nitriles is 1. The molecular formula is C14H9Cl3N2. The van der Waals surface area contributed by atoms with Gasteiger partial charge in [-0.15, -0.1) is 0 Å². The summed E-state index contributed by atoms with van der Waals surface area (Å²) in [5, 5.41) is 13.7. The van der Waals surface area contributed by atoms with E-state index in [0.29, 0.717) is 27.2 Å². The Bertz CT molecular complexity index is 627. The number of nitrogens with one attached hydrogen (secondary N) is 1. The number of hydrogen-bond acceptors (Lipinski definition) is 2. The Morgan fingerprint density at radius 3 is 2.32 bits per heavy atom. The summed E-state index contributed by atoms with van der Waals surface area (Å²) in [5.74, 6) is 0. The fourth-order valence-corrected chi connectivity index (χ4v) is 2.37. The van der Waals surface area contributed by atoms with Crippen LogP contribution in [0.5, 0.6) is 0 Å². The van der Waals surface area contributed by atoms with Gasteiger partial charge in [0.05, 0.1) is 10.6 Å². The molecule has 0 saturated carbocycles. The van der Waals surface area contributed by atoms with Crippen LogP contribution in [0.4, 0.5) is 5.69 Å². The van der Waals surface area contributed by atoms with Gasteiger partial charge in [0, 0.05) is 22.3 Å². The van der Waals surface area contributed by atoms with Crippen molar-refractivity contribution in [1.82, 2.24) is 0 Å². The highest BCUT2D eigenvalue weighted by molar-refractivity contribution is 6.34. The predicted octanol–water partition coefficient (Wildman–Crippen LogP) is 5.13. The highest BCUT2D eigenvalue weighted by Crippen LogP contribution is 2.22. The fraction of sp³-hybridized carbons (Fsp3) is 0.0714.